The maximum absolute atomic E-state index is 14.2. The van der Waals surface area contributed by atoms with E-state index >= 15 is 0 Å². The Morgan fingerprint density at radius 2 is 1.79 bits per heavy atom. The minimum absolute atomic E-state index is 0.0915. The van der Waals surface area contributed by atoms with Crippen LogP contribution in [0, 0.1) is 11.3 Å². The van der Waals surface area contributed by atoms with Crippen molar-refractivity contribution < 1.29 is 33.3 Å². The highest BCUT2D eigenvalue weighted by atomic mass is 16.6. The van der Waals surface area contributed by atoms with Crippen LogP contribution >= 0.6 is 0 Å². The number of carbonyl (C=O) groups excluding carboxylic acids is 3. The molecule has 4 aliphatic rings. The number of hydrogen-bond acceptors (Lipinski definition) is 9. The van der Waals surface area contributed by atoms with Gasteiger partial charge in [-0.05, 0) is 69.0 Å². The SMILES string of the molecule is COC(=O)[C@@H]1C[C@@H]2CN1C(=O)[C@H](C(C)(C)C)NC(=O)O[C@@H]1C[C@H]1CCCCCc1c(nc3ccccc3c1OC1CCN(C)CC1)O2. The van der Waals surface area contributed by atoms with Crippen LogP contribution in [0.3, 0.4) is 0 Å². The molecule has 11 heteroatoms. The molecule has 1 N–H and O–H groups in total. The molecule has 2 aromatic rings. The molecule has 1 saturated carbocycles. The Morgan fingerprint density at radius 1 is 1.02 bits per heavy atom. The normalized spacial score (nSPS) is 28.2. The van der Waals surface area contributed by atoms with Crippen molar-refractivity contribution in [3.05, 3.63) is 29.8 Å². The van der Waals surface area contributed by atoms with Crippen molar-refractivity contribution in [1.82, 2.24) is 20.1 Å². The molecule has 1 aromatic heterocycles. The van der Waals surface area contributed by atoms with Crippen LogP contribution in [-0.2, 0) is 25.5 Å². The Kier molecular flexibility index (Phi) is 9.82. The Morgan fingerprint density at radius 3 is 2.53 bits per heavy atom. The van der Waals surface area contributed by atoms with Crippen molar-refractivity contribution >= 4 is 28.9 Å². The van der Waals surface area contributed by atoms with E-state index in [9.17, 15) is 14.4 Å². The molecule has 1 aliphatic carbocycles. The zero-order valence-corrected chi connectivity index (χ0v) is 28.5. The smallest absolute Gasteiger partial charge is 0.408 e. The van der Waals surface area contributed by atoms with Crippen molar-refractivity contribution in [2.75, 3.05) is 33.8 Å². The Balaban J connectivity index is 1.37. The lowest BCUT2D eigenvalue weighted by Crippen LogP contribution is -2.57. The van der Waals surface area contributed by atoms with Crippen LogP contribution in [0.2, 0.25) is 0 Å². The molecule has 5 atom stereocenters. The highest BCUT2D eigenvalue weighted by molar-refractivity contribution is 5.91. The lowest BCUT2D eigenvalue weighted by Gasteiger charge is -2.34. The second-order valence-corrected chi connectivity index (χ2v) is 14.8. The van der Waals surface area contributed by atoms with Crippen molar-refractivity contribution in [3.63, 3.8) is 0 Å². The number of methoxy groups -OCH3 is 1. The summed E-state index contributed by atoms with van der Waals surface area (Å²) in [5.74, 6) is 0.756. The zero-order chi connectivity index (χ0) is 33.3. The molecule has 1 aromatic carbocycles. The van der Waals surface area contributed by atoms with Crippen LogP contribution < -0.4 is 14.8 Å². The number of pyridine rings is 1. The van der Waals surface area contributed by atoms with Gasteiger partial charge in [0.1, 0.15) is 36.1 Å². The van der Waals surface area contributed by atoms with E-state index in [1.807, 2.05) is 39.0 Å². The van der Waals surface area contributed by atoms with E-state index < -0.39 is 35.7 Å². The second-order valence-electron chi connectivity index (χ2n) is 14.8. The summed E-state index contributed by atoms with van der Waals surface area (Å²) in [5.41, 5.74) is 1.07. The largest absolute Gasteiger partial charge is 0.489 e. The van der Waals surface area contributed by atoms with Gasteiger partial charge in [0, 0.05) is 24.9 Å². The number of likely N-dealkylation sites (tertiary alicyclic amines) is 1. The standard InChI is InChI=1S/C36H50N4O7/c1-36(2,3)31-33(41)40-21-24(20-28(40)34(42)44-5)46-32-26(13-8-6-7-11-22-19-29(22)47-35(43)38-31)30(25-12-9-10-14-27(25)37-32)45-23-15-17-39(4)18-16-23/h9-10,12,14,22-24,28-29,31H,6-8,11,13,15-21H2,1-5H3,(H,38,43)/t22-,24-,28+,29-,31-/m1/s1. The highest BCUT2D eigenvalue weighted by Gasteiger charge is 2.47. The van der Waals surface area contributed by atoms with Crippen molar-refractivity contribution in [1.29, 1.82) is 0 Å². The van der Waals surface area contributed by atoms with E-state index in [1.165, 1.54) is 12.0 Å². The molecule has 2 bridgehead atoms. The molecule has 11 nitrogen and oxygen atoms in total. The third-order valence-corrected chi connectivity index (χ3v) is 10.1. The molecular formula is C36H50N4O7. The average Bonchev–Trinajstić information content (AvgIpc) is 3.63. The van der Waals surface area contributed by atoms with Gasteiger partial charge in [-0.15, -0.1) is 0 Å². The summed E-state index contributed by atoms with van der Waals surface area (Å²) < 4.78 is 24.5. The first-order valence-corrected chi connectivity index (χ1v) is 17.3. The summed E-state index contributed by atoms with van der Waals surface area (Å²) in [4.78, 5) is 49.1. The molecule has 0 spiro atoms. The number of fused-ring (bicyclic) bond motifs is 5. The molecule has 2 saturated heterocycles. The van der Waals surface area contributed by atoms with Gasteiger partial charge in [0.05, 0.1) is 24.7 Å². The number of piperidine rings is 1. The van der Waals surface area contributed by atoms with E-state index in [0.29, 0.717) is 11.8 Å². The molecule has 2 amide bonds. The number of benzene rings is 1. The number of nitrogens with one attached hydrogen (secondary N) is 1. The van der Waals surface area contributed by atoms with Crippen molar-refractivity contribution in [2.24, 2.45) is 11.3 Å². The van der Waals surface area contributed by atoms with Gasteiger partial charge in [-0.3, -0.25) is 4.79 Å². The molecule has 6 rings (SSSR count). The third kappa shape index (κ3) is 7.60. The minimum Gasteiger partial charge on any atom is -0.489 e. The maximum atomic E-state index is 14.2. The van der Waals surface area contributed by atoms with E-state index in [4.69, 9.17) is 23.9 Å². The molecule has 4 heterocycles. The first kappa shape index (κ1) is 33.3. The fourth-order valence-electron chi connectivity index (χ4n) is 7.22. The predicted molar refractivity (Wildman–Crippen MR) is 176 cm³/mol. The minimum atomic E-state index is -0.916. The number of hydrogen-bond donors (Lipinski definition) is 1. The van der Waals surface area contributed by atoms with Gasteiger partial charge in [0.25, 0.3) is 0 Å². The number of nitrogens with zero attached hydrogens (tertiary/aromatic N) is 3. The number of esters is 1. The fraction of sp³-hybridized carbons (Fsp3) is 0.667. The number of amides is 2. The fourth-order valence-corrected chi connectivity index (χ4v) is 7.22. The van der Waals surface area contributed by atoms with Gasteiger partial charge in [-0.1, -0.05) is 45.7 Å². The Hall–Kier alpha value is -3.60. The lowest BCUT2D eigenvalue weighted by molar-refractivity contribution is -0.152. The summed E-state index contributed by atoms with van der Waals surface area (Å²) in [6.45, 7) is 7.76. The topological polar surface area (TPSA) is 120 Å². The van der Waals surface area contributed by atoms with Gasteiger partial charge >= 0.3 is 12.1 Å². The lowest BCUT2D eigenvalue weighted by atomic mass is 9.85. The molecule has 0 unspecified atom stereocenters. The molecule has 0 radical (unpaired) electrons. The van der Waals surface area contributed by atoms with Crippen LogP contribution in [0.1, 0.15) is 77.7 Å². The van der Waals surface area contributed by atoms with Gasteiger partial charge in [0.15, 0.2) is 0 Å². The number of alkyl carbamates (subject to hydrolysis) is 1. The summed E-state index contributed by atoms with van der Waals surface area (Å²) in [5, 5.41) is 3.80. The third-order valence-electron chi connectivity index (χ3n) is 10.1. The quantitative estimate of drug-likeness (QED) is 0.464. The first-order chi connectivity index (χ1) is 22.5. The average molecular weight is 651 g/mol. The van der Waals surface area contributed by atoms with Crippen LogP contribution in [0.5, 0.6) is 11.6 Å². The number of carbonyl (C=O) groups is 3. The highest BCUT2D eigenvalue weighted by Crippen LogP contribution is 2.41. The molecule has 47 heavy (non-hydrogen) atoms. The van der Waals surface area contributed by atoms with Crippen LogP contribution in [0.4, 0.5) is 4.79 Å². The maximum Gasteiger partial charge on any atom is 0.408 e. The van der Waals surface area contributed by atoms with E-state index in [2.05, 4.69) is 23.3 Å². The van der Waals surface area contributed by atoms with Gasteiger partial charge in [-0.25, -0.2) is 14.6 Å². The second kappa shape index (κ2) is 13.9. The van der Waals surface area contributed by atoms with E-state index in [1.54, 1.807) is 0 Å². The van der Waals surface area contributed by atoms with E-state index in [0.717, 1.165) is 86.7 Å². The Bertz CT molecular complexity index is 1470. The monoisotopic (exact) mass is 650 g/mol. The number of ether oxygens (including phenoxy) is 4. The van der Waals surface area contributed by atoms with Crippen LogP contribution in [0.15, 0.2) is 24.3 Å². The zero-order valence-electron chi connectivity index (χ0n) is 28.5. The number of aromatic nitrogens is 1. The molecule has 256 valence electrons. The molecule has 3 aliphatic heterocycles. The first-order valence-electron chi connectivity index (χ1n) is 17.3. The van der Waals surface area contributed by atoms with Crippen molar-refractivity contribution in [2.45, 2.75) is 109 Å². The summed E-state index contributed by atoms with van der Waals surface area (Å²) in [6.07, 6.45) is 6.46. The van der Waals surface area contributed by atoms with Crippen LogP contribution in [0.25, 0.3) is 10.9 Å². The van der Waals surface area contributed by atoms with Crippen molar-refractivity contribution in [3.8, 4) is 11.6 Å². The predicted octanol–water partition coefficient (Wildman–Crippen LogP) is 4.88. The molecular weight excluding hydrogens is 600 g/mol. The van der Waals surface area contributed by atoms with Gasteiger partial charge in [0.2, 0.25) is 11.8 Å². The van der Waals surface area contributed by atoms with E-state index in [-0.39, 0.29) is 31.1 Å². The number of rotatable bonds is 3. The number of para-hydroxylation sites is 1. The van der Waals surface area contributed by atoms with Gasteiger partial charge < -0.3 is 34.1 Å². The van der Waals surface area contributed by atoms with Crippen LogP contribution in [-0.4, -0.2) is 96.9 Å². The summed E-state index contributed by atoms with van der Waals surface area (Å²) >= 11 is 0. The molecule has 3 fully saturated rings. The van der Waals surface area contributed by atoms with Gasteiger partial charge in [-0.2, -0.15) is 0 Å². The summed E-state index contributed by atoms with van der Waals surface area (Å²) in [7, 11) is 3.46. The summed E-state index contributed by atoms with van der Waals surface area (Å²) in [6, 6.07) is 6.23. The Labute approximate surface area is 277 Å².